The number of likely N-dealkylation sites (tertiary alicyclic amines) is 1. The highest BCUT2D eigenvalue weighted by atomic mass is 19.4. The summed E-state index contributed by atoms with van der Waals surface area (Å²) >= 11 is 0. The second kappa shape index (κ2) is 9.13. The van der Waals surface area contributed by atoms with E-state index >= 15 is 0 Å². The van der Waals surface area contributed by atoms with Crippen molar-refractivity contribution in [3.63, 3.8) is 0 Å². The summed E-state index contributed by atoms with van der Waals surface area (Å²) < 4.78 is 41.2. The van der Waals surface area contributed by atoms with Crippen LogP contribution >= 0.6 is 0 Å². The number of terminal acetylenes is 1. The molecule has 1 amide bonds. The van der Waals surface area contributed by atoms with Crippen molar-refractivity contribution < 1.29 is 18.0 Å². The molecule has 1 atom stereocenters. The number of likely N-dealkylation sites (N-methyl/N-ethyl adjacent to an activating group) is 1. The van der Waals surface area contributed by atoms with E-state index in [0.29, 0.717) is 17.2 Å². The van der Waals surface area contributed by atoms with Crippen molar-refractivity contribution in [3.8, 4) is 12.3 Å². The largest absolute Gasteiger partial charge is 0.416 e. The molecule has 2 aromatic carbocycles. The number of carbonyl (C=O) groups excluding carboxylic acids is 1. The molecule has 31 heavy (non-hydrogen) atoms. The lowest BCUT2D eigenvalue weighted by molar-refractivity contribution is -0.138. The summed E-state index contributed by atoms with van der Waals surface area (Å²) in [6, 6.07) is 9.17. The molecule has 1 unspecified atom stereocenters. The van der Waals surface area contributed by atoms with Gasteiger partial charge in [0.05, 0.1) is 5.56 Å². The highest BCUT2D eigenvalue weighted by molar-refractivity contribution is 6.04. The van der Waals surface area contributed by atoms with Crippen molar-refractivity contribution >= 4 is 11.6 Å². The zero-order chi connectivity index (χ0) is 22.8. The Morgan fingerprint density at radius 3 is 2.61 bits per heavy atom. The SMILES string of the molecule is C#Cc1cc(C(=O)Nc2ccc(CN3CCC(N(C)C)C3)c(C(F)(F)F)c2)ccc1C. The summed E-state index contributed by atoms with van der Waals surface area (Å²) in [6.07, 6.45) is 1.85. The molecule has 3 rings (SSSR count). The molecule has 0 saturated carbocycles. The third kappa shape index (κ3) is 5.46. The molecule has 1 aliphatic heterocycles. The van der Waals surface area contributed by atoms with E-state index < -0.39 is 17.6 Å². The van der Waals surface area contributed by atoms with Gasteiger partial charge < -0.3 is 10.2 Å². The highest BCUT2D eigenvalue weighted by Crippen LogP contribution is 2.35. The monoisotopic (exact) mass is 429 g/mol. The van der Waals surface area contributed by atoms with Gasteiger partial charge in [-0.1, -0.05) is 18.1 Å². The Labute approximate surface area is 181 Å². The number of nitrogens with zero attached hydrogens (tertiary/aromatic N) is 2. The predicted molar refractivity (Wildman–Crippen MR) is 116 cm³/mol. The number of carbonyl (C=O) groups is 1. The number of anilines is 1. The first-order chi connectivity index (χ1) is 14.6. The maximum atomic E-state index is 13.7. The predicted octanol–water partition coefficient (Wildman–Crippen LogP) is 4.38. The van der Waals surface area contributed by atoms with Crippen LogP contribution in [0.15, 0.2) is 36.4 Å². The average Bonchev–Trinajstić information content (AvgIpc) is 3.17. The number of amides is 1. The lowest BCUT2D eigenvalue weighted by Gasteiger charge is -2.22. The van der Waals surface area contributed by atoms with Crippen LogP contribution in [0.2, 0.25) is 0 Å². The molecular weight excluding hydrogens is 403 g/mol. The number of benzene rings is 2. The molecule has 4 nitrogen and oxygen atoms in total. The van der Waals surface area contributed by atoms with Gasteiger partial charge in [-0.15, -0.1) is 6.42 Å². The van der Waals surface area contributed by atoms with Gasteiger partial charge in [-0.2, -0.15) is 13.2 Å². The first-order valence-corrected chi connectivity index (χ1v) is 10.1. The van der Waals surface area contributed by atoms with Crippen molar-refractivity contribution in [2.75, 3.05) is 32.5 Å². The van der Waals surface area contributed by atoms with Crippen molar-refractivity contribution in [2.45, 2.75) is 32.1 Å². The quantitative estimate of drug-likeness (QED) is 0.717. The van der Waals surface area contributed by atoms with Gasteiger partial charge in [0.2, 0.25) is 0 Å². The van der Waals surface area contributed by atoms with Gasteiger partial charge in [0.25, 0.3) is 5.91 Å². The zero-order valence-corrected chi connectivity index (χ0v) is 17.9. The molecular formula is C24H26F3N3O. The number of rotatable bonds is 5. The highest BCUT2D eigenvalue weighted by Gasteiger charge is 2.35. The summed E-state index contributed by atoms with van der Waals surface area (Å²) in [4.78, 5) is 16.7. The van der Waals surface area contributed by atoms with Crippen LogP contribution in [0.1, 0.15) is 39.0 Å². The van der Waals surface area contributed by atoms with Crippen LogP contribution in [-0.4, -0.2) is 48.9 Å². The molecule has 0 aliphatic carbocycles. The third-order valence-electron chi connectivity index (χ3n) is 5.70. The summed E-state index contributed by atoms with van der Waals surface area (Å²) in [5.74, 6) is 1.99. The first-order valence-electron chi connectivity index (χ1n) is 10.1. The van der Waals surface area contributed by atoms with Crippen LogP contribution in [0.25, 0.3) is 0 Å². The maximum Gasteiger partial charge on any atom is 0.416 e. The van der Waals surface area contributed by atoms with Gasteiger partial charge in [0.1, 0.15) is 0 Å². The van der Waals surface area contributed by atoms with Gasteiger partial charge in [0.15, 0.2) is 0 Å². The van der Waals surface area contributed by atoms with Crippen molar-refractivity contribution in [2.24, 2.45) is 0 Å². The Kier molecular flexibility index (Phi) is 6.73. The summed E-state index contributed by atoms with van der Waals surface area (Å²) in [5, 5.41) is 2.56. The lowest BCUT2D eigenvalue weighted by Crippen LogP contribution is -2.31. The third-order valence-corrected chi connectivity index (χ3v) is 5.70. The van der Waals surface area contributed by atoms with E-state index in [9.17, 15) is 18.0 Å². The molecule has 1 aliphatic rings. The average molecular weight is 429 g/mol. The molecule has 0 aromatic heterocycles. The minimum Gasteiger partial charge on any atom is -0.322 e. The van der Waals surface area contributed by atoms with Gasteiger partial charge in [0, 0.05) is 42.5 Å². The standard InChI is InChI=1S/C24H26F3N3O/c1-5-17-12-18(7-6-16(17)2)23(31)28-20-9-8-19(22(13-20)24(25,26)27)14-30-11-10-21(15-30)29(3)4/h1,6-9,12-13,21H,10-11,14-15H2,2-4H3,(H,28,31). The van der Waals surface area contributed by atoms with Crippen LogP contribution in [0.3, 0.4) is 0 Å². The van der Waals surface area contributed by atoms with E-state index in [-0.39, 0.29) is 17.8 Å². The Hall–Kier alpha value is -2.82. The van der Waals surface area contributed by atoms with Crippen molar-refractivity contribution in [3.05, 3.63) is 64.2 Å². The fraction of sp³-hybridized carbons (Fsp3) is 0.375. The molecule has 1 saturated heterocycles. The van der Waals surface area contributed by atoms with Crippen LogP contribution in [0.5, 0.6) is 0 Å². The van der Waals surface area contributed by atoms with Crippen molar-refractivity contribution in [1.82, 2.24) is 9.80 Å². The molecule has 1 fully saturated rings. The number of hydrogen-bond acceptors (Lipinski definition) is 3. The van der Waals surface area contributed by atoms with Crippen LogP contribution in [-0.2, 0) is 12.7 Å². The van der Waals surface area contributed by atoms with E-state index in [1.165, 1.54) is 12.1 Å². The molecule has 7 heteroatoms. The number of nitrogens with one attached hydrogen (secondary N) is 1. The molecule has 0 bridgehead atoms. The molecule has 1 N–H and O–H groups in total. The van der Waals surface area contributed by atoms with E-state index in [1.54, 1.807) is 18.2 Å². The van der Waals surface area contributed by atoms with Crippen LogP contribution in [0, 0.1) is 19.3 Å². The van der Waals surface area contributed by atoms with Gasteiger partial charge in [-0.3, -0.25) is 9.69 Å². The summed E-state index contributed by atoms with van der Waals surface area (Å²) in [7, 11) is 3.96. The van der Waals surface area contributed by atoms with E-state index in [0.717, 1.165) is 31.1 Å². The smallest absolute Gasteiger partial charge is 0.322 e. The van der Waals surface area contributed by atoms with E-state index in [4.69, 9.17) is 6.42 Å². The summed E-state index contributed by atoms with van der Waals surface area (Å²) in [5.41, 5.74) is 1.28. The molecule has 2 aromatic rings. The molecule has 0 spiro atoms. The number of halogens is 3. The Balaban J connectivity index is 1.80. The van der Waals surface area contributed by atoms with E-state index in [1.807, 2.05) is 25.9 Å². The number of alkyl halides is 3. The normalized spacial score (nSPS) is 17.0. The number of aryl methyl sites for hydroxylation is 1. The zero-order valence-electron chi connectivity index (χ0n) is 17.9. The molecule has 164 valence electrons. The minimum absolute atomic E-state index is 0.0940. The Bertz CT molecular complexity index is 1010. The Morgan fingerprint density at radius 2 is 2.00 bits per heavy atom. The molecule has 0 radical (unpaired) electrons. The van der Waals surface area contributed by atoms with Gasteiger partial charge in [-0.05, 0) is 62.8 Å². The summed E-state index contributed by atoms with van der Waals surface area (Å²) in [6.45, 7) is 3.53. The van der Waals surface area contributed by atoms with Crippen LogP contribution in [0.4, 0.5) is 18.9 Å². The minimum atomic E-state index is -4.52. The molecule has 1 heterocycles. The van der Waals surface area contributed by atoms with Gasteiger partial charge in [-0.25, -0.2) is 0 Å². The Morgan fingerprint density at radius 1 is 1.26 bits per heavy atom. The fourth-order valence-electron chi connectivity index (χ4n) is 3.80. The fourth-order valence-corrected chi connectivity index (χ4v) is 3.80. The van der Waals surface area contributed by atoms with Crippen molar-refractivity contribution in [1.29, 1.82) is 0 Å². The maximum absolute atomic E-state index is 13.7. The van der Waals surface area contributed by atoms with Gasteiger partial charge >= 0.3 is 6.18 Å². The second-order valence-corrected chi connectivity index (χ2v) is 8.14. The first kappa shape index (κ1) is 22.9. The second-order valence-electron chi connectivity index (χ2n) is 8.14. The topological polar surface area (TPSA) is 35.6 Å². The number of hydrogen-bond donors (Lipinski definition) is 1. The van der Waals surface area contributed by atoms with E-state index in [2.05, 4.69) is 16.1 Å². The lowest BCUT2D eigenvalue weighted by atomic mass is 10.0. The van der Waals surface area contributed by atoms with Crippen LogP contribution < -0.4 is 5.32 Å².